The molecule has 0 heterocycles. The van der Waals surface area contributed by atoms with Crippen molar-refractivity contribution < 1.29 is 0 Å². The van der Waals surface area contributed by atoms with Crippen molar-refractivity contribution in [2.75, 3.05) is 19.6 Å². The van der Waals surface area contributed by atoms with Crippen LogP contribution in [0.25, 0.3) is 0 Å². The number of allylic oxidation sites excluding steroid dienone is 2. The van der Waals surface area contributed by atoms with Gasteiger partial charge in [0.25, 0.3) is 0 Å². The molecule has 0 amide bonds. The lowest BCUT2D eigenvalue weighted by Gasteiger charge is -2.30. The largest absolute Gasteiger partial charge is 0.295 e. The summed E-state index contributed by atoms with van der Waals surface area (Å²) in [4.78, 5) is 2.81. The average Bonchev–Trinajstić information content (AvgIpc) is 2.65. The lowest BCUT2D eigenvalue weighted by atomic mass is 9.85. The SMILES string of the molecule is CCCCCCCCN(C/C(=C\CCC(C)(C)C)CC(C)(C)C)C/C(=C\CCC(C)(C)C)CC(C)(C)C. The monoisotopic (exact) mass is 518 g/mol. The molecule has 0 radical (unpaired) electrons. The minimum absolute atomic E-state index is 0.330. The van der Waals surface area contributed by atoms with E-state index in [1.165, 1.54) is 83.6 Å². The summed E-state index contributed by atoms with van der Waals surface area (Å²) < 4.78 is 0. The van der Waals surface area contributed by atoms with Crippen LogP contribution in [0.15, 0.2) is 23.3 Å². The van der Waals surface area contributed by atoms with Gasteiger partial charge in [0.2, 0.25) is 0 Å². The number of unbranched alkanes of at least 4 members (excludes halogenated alkanes) is 5. The Labute approximate surface area is 236 Å². The zero-order chi connectivity index (χ0) is 28.8. The number of hydrogen-bond acceptors (Lipinski definition) is 1. The third kappa shape index (κ3) is 25.5. The van der Waals surface area contributed by atoms with Gasteiger partial charge in [-0.15, -0.1) is 0 Å². The van der Waals surface area contributed by atoms with Crippen molar-refractivity contribution >= 4 is 0 Å². The molecule has 0 aliphatic rings. The molecule has 1 nitrogen and oxygen atoms in total. The molecule has 0 fully saturated rings. The maximum Gasteiger partial charge on any atom is 0.0196 e. The van der Waals surface area contributed by atoms with E-state index in [2.05, 4.69) is 107 Å². The smallest absolute Gasteiger partial charge is 0.0196 e. The lowest BCUT2D eigenvalue weighted by Crippen LogP contribution is -2.31. The molecule has 1 heteroatoms. The highest BCUT2D eigenvalue weighted by Gasteiger charge is 2.20. The molecule has 0 N–H and O–H groups in total. The van der Waals surface area contributed by atoms with Crippen molar-refractivity contribution in [2.45, 2.75) is 167 Å². The van der Waals surface area contributed by atoms with Gasteiger partial charge in [0.05, 0.1) is 0 Å². The van der Waals surface area contributed by atoms with Crippen LogP contribution in [0.5, 0.6) is 0 Å². The van der Waals surface area contributed by atoms with Gasteiger partial charge in [0, 0.05) is 13.1 Å². The zero-order valence-electron chi connectivity index (χ0n) is 28.2. The van der Waals surface area contributed by atoms with Gasteiger partial charge in [0.1, 0.15) is 0 Å². The molecule has 0 atom stereocenters. The minimum atomic E-state index is 0.330. The van der Waals surface area contributed by atoms with E-state index in [9.17, 15) is 0 Å². The van der Waals surface area contributed by atoms with E-state index in [1.807, 2.05) is 0 Å². The molecule has 0 rings (SSSR count). The fourth-order valence-electron chi connectivity index (χ4n) is 5.07. The van der Waals surface area contributed by atoms with Gasteiger partial charge in [-0.1, -0.05) is 145 Å². The predicted octanol–water partition coefficient (Wildman–Crippen LogP) is 12.0. The van der Waals surface area contributed by atoms with E-state index < -0.39 is 0 Å². The first kappa shape index (κ1) is 36.4. The normalized spacial score (nSPS) is 14.6. The van der Waals surface area contributed by atoms with Crippen LogP contribution in [-0.2, 0) is 0 Å². The Morgan fingerprint density at radius 3 is 1.24 bits per heavy atom. The fourth-order valence-corrected chi connectivity index (χ4v) is 5.07. The summed E-state index contributed by atoms with van der Waals surface area (Å²) in [5.74, 6) is 0. The van der Waals surface area contributed by atoms with Gasteiger partial charge in [-0.05, 0) is 73.2 Å². The minimum Gasteiger partial charge on any atom is -0.295 e. The highest BCUT2D eigenvalue weighted by molar-refractivity contribution is 5.12. The van der Waals surface area contributed by atoms with E-state index in [0.29, 0.717) is 21.7 Å². The van der Waals surface area contributed by atoms with Crippen LogP contribution in [0.2, 0.25) is 0 Å². The Morgan fingerprint density at radius 2 is 0.892 bits per heavy atom. The molecule has 0 saturated carbocycles. The maximum absolute atomic E-state index is 2.81. The third-order valence-electron chi connectivity index (χ3n) is 6.85. The fraction of sp³-hybridized carbons (Fsp3) is 0.889. The third-order valence-corrected chi connectivity index (χ3v) is 6.85. The van der Waals surface area contributed by atoms with Crippen LogP contribution < -0.4 is 0 Å². The summed E-state index contributed by atoms with van der Waals surface area (Å²) in [5, 5.41) is 0. The van der Waals surface area contributed by atoms with Crippen molar-refractivity contribution in [3.63, 3.8) is 0 Å². The molecule has 0 unspecified atom stereocenters. The lowest BCUT2D eigenvalue weighted by molar-refractivity contribution is 0.283. The molecule has 0 bridgehead atoms. The predicted molar refractivity (Wildman–Crippen MR) is 172 cm³/mol. The molecular weight excluding hydrogens is 446 g/mol. The summed E-state index contributed by atoms with van der Waals surface area (Å²) in [6.07, 6.45) is 20.8. The Bertz CT molecular complexity index is 586. The molecular formula is C36H71N. The highest BCUT2D eigenvalue weighted by Crippen LogP contribution is 2.30. The van der Waals surface area contributed by atoms with Crippen molar-refractivity contribution in [2.24, 2.45) is 21.7 Å². The van der Waals surface area contributed by atoms with Crippen LogP contribution >= 0.6 is 0 Å². The van der Waals surface area contributed by atoms with Gasteiger partial charge in [-0.25, -0.2) is 0 Å². The molecule has 0 saturated heterocycles. The van der Waals surface area contributed by atoms with E-state index in [0.717, 1.165) is 13.1 Å². The van der Waals surface area contributed by atoms with Crippen LogP contribution in [-0.4, -0.2) is 24.5 Å². The van der Waals surface area contributed by atoms with E-state index in [1.54, 1.807) is 11.1 Å². The summed E-state index contributed by atoms with van der Waals surface area (Å²) in [6.45, 7) is 34.5. The molecule has 0 aliphatic carbocycles. The highest BCUT2D eigenvalue weighted by atomic mass is 15.1. The summed E-state index contributed by atoms with van der Waals surface area (Å²) >= 11 is 0. The zero-order valence-corrected chi connectivity index (χ0v) is 28.2. The molecule has 0 aromatic rings. The van der Waals surface area contributed by atoms with Gasteiger partial charge in [-0.2, -0.15) is 0 Å². The molecule has 0 aromatic carbocycles. The Morgan fingerprint density at radius 1 is 0.514 bits per heavy atom. The topological polar surface area (TPSA) is 3.24 Å². The second-order valence-corrected chi connectivity index (χ2v) is 16.9. The Balaban J connectivity index is 5.74. The van der Waals surface area contributed by atoms with Gasteiger partial charge >= 0.3 is 0 Å². The van der Waals surface area contributed by atoms with Crippen LogP contribution in [0, 0.1) is 21.7 Å². The van der Waals surface area contributed by atoms with Crippen molar-refractivity contribution in [1.29, 1.82) is 0 Å². The van der Waals surface area contributed by atoms with Gasteiger partial charge < -0.3 is 0 Å². The molecule has 37 heavy (non-hydrogen) atoms. The quantitative estimate of drug-likeness (QED) is 0.137. The van der Waals surface area contributed by atoms with E-state index >= 15 is 0 Å². The molecule has 0 aliphatic heterocycles. The van der Waals surface area contributed by atoms with Crippen molar-refractivity contribution in [1.82, 2.24) is 4.90 Å². The summed E-state index contributed by atoms with van der Waals surface area (Å²) in [6, 6.07) is 0. The summed E-state index contributed by atoms with van der Waals surface area (Å²) in [5.41, 5.74) is 4.78. The average molecular weight is 518 g/mol. The first-order chi connectivity index (χ1) is 16.8. The van der Waals surface area contributed by atoms with Gasteiger partial charge in [-0.3, -0.25) is 4.90 Å². The standard InChI is InChI=1S/C36H71N/c1-14-15-16-17-18-19-26-37(29-31(27-35(8,9)10)22-20-24-33(2,3)4)30-32(28-36(11,12)13)23-21-25-34(5,6)7/h22-23H,14-21,24-30H2,1-13H3/b31-22-,32-23-. The first-order valence-corrected chi connectivity index (χ1v) is 15.9. The van der Waals surface area contributed by atoms with Crippen molar-refractivity contribution in [3.8, 4) is 0 Å². The summed E-state index contributed by atoms with van der Waals surface area (Å²) in [7, 11) is 0. The second-order valence-electron chi connectivity index (χ2n) is 16.9. The van der Waals surface area contributed by atoms with Crippen LogP contribution in [0.4, 0.5) is 0 Å². The molecule has 0 aromatic heterocycles. The maximum atomic E-state index is 2.81. The first-order valence-electron chi connectivity index (χ1n) is 15.9. The molecule has 220 valence electrons. The Hall–Kier alpha value is -0.560. The van der Waals surface area contributed by atoms with Crippen molar-refractivity contribution in [3.05, 3.63) is 23.3 Å². The van der Waals surface area contributed by atoms with Crippen LogP contribution in [0.1, 0.15) is 167 Å². The van der Waals surface area contributed by atoms with E-state index in [4.69, 9.17) is 0 Å². The van der Waals surface area contributed by atoms with Crippen LogP contribution in [0.3, 0.4) is 0 Å². The Kier molecular flexibility index (Phi) is 16.9. The number of hydrogen-bond donors (Lipinski definition) is 0. The molecule has 0 spiro atoms. The number of rotatable bonds is 17. The number of nitrogens with zero attached hydrogens (tertiary/aromatic N) is 1. The van der Waals surface area contributed by atoms with E-state index in [-0.39, 0.29) is 0 Å². The van der Waals surface area contributed by atoms with Gasteiger partial charge in [0.15, 0.2) is 0 Å². The second kappa shape index (κ2) is 17.2.